The Morgan fingerprint density at radius 3 is 2.28 bits per heavy atom. The maximum Gasteiger partial charge on any atom is 0.191 e. The summed E-state index contributed by atoms with van der Waals surface area (Å²) in [6.07, 6.45) is 0. The molecule has 0 amide bonds. The maximum atomic E-state index is 4.65. The van der Waals surface area contributed by atoms with E-state index in [0.717, 1.165) is 37.1 Å². The van der Waals surface area contributed by atoms with E-state index < -0.39 is 0 Å². The van der Waals surface area contributed by atoms with Gasteiger partial charge in [0.15, 0.2) is 5.96 Å². The summed E-state index contributed by atoms with van der Waals surface area (Å²) in [6.45, 7) is 7.83. The summed E-state index contributed by atoms with van der Waals surface area (Å²) in [6, 6.07) is 17.0. The van der Waals surface area contributed by atoms with Crippen LogP contribution in [0.2, 0.25) is 0 Å². The highest BCUT2D eigenvalue weighted by molar-refractivity contribution is 14.0. The molecule has 1 atom stereocenters. The number of benzene rings is 1. The topological polar surface area (TPSA) is 55.8 Å². The van der Waals surface area contributed by atoms with Crippen LogP contribution in [0.5, 0.6) is 0 Å². The molecule has 2 N–H and O–H groups in total. The molecule has 0 radical (unpaired) electrons. The van der Waals surface area contributed by atoms with E-state index in [4.69, 9.17) is 0 Å². The molecular formula is C22H35IN6. The van der Waals surface area contributed by atoms with Gasteiger partial charge in [-0.2, -0.15) is 0 Å². The molecule has 0 aliphatic heterocycles. The highest BCUT2D eigenvalue weighted by Crippen LogP contribution is 2.19. The summed E-state index contributed by atoms with van der Waals surface area (Å²) >= 11 is 0. The maximum absolute atomic E-state index is 4.65. The number of guanidine groups is 1. The van der Waals surface area contributed by atoms with Crippen molar-refractivity contribution in [3.63, 3.8) is 0 Å². The summed E-state index contributed by atoms with van der Waals surface area (Å²) in [4.78, 5) is 13.5. The normalized spacial score (nSPS) is 12.3. The monoisotopic (exact) mass is 510 g/mol. The number of nitrogens with one attached hydrogen (secondary N) is 2. The van der Waals surface area contributed by atoms with Crippen molar-refractivity contribution in [3.05, 3.63) is 59.8 Å². The Morgan fingerprint density at radius 1 is 1.00 bits per heavy atom. The number of hydrogen-bond donors (Lipinski definition) is 2. The van der Waals surface area contributed by atoms with Crippen molar-refractivity contribution in [1.82, 2.24) is 20.5 Å². The average molecular weight is 510 g/mol. The minimum atomic E-state index is 0. The number of anilines is 1. The van der Waals surface area contributed by atoms with Crippen LogP contribution in [0.1, 0.15) is 31.1 Å². The van der Waals surface area contributed by atoms with Gasteiger partial charge in [0.2, 0.25) is 0 Å². The Bertz CT molecular complexity index is 731. The molecule has 2 rings (SSSR count). The third-order valence-corrected chi connectivity index (χ3v) is 4.81. The van der Waals surface area contributed by atoms with Crippen LogP contribution in [-0.2, 0) is 6.54 Å². The van der Waals surface area contributed by atoms with E-state index in [9.17, 15) is 0 Å². The number of pyridine rings is 1. The Labute approximate surface area is 192 Å². The number of aromatic nitrogens is 1. The molecule has 0 aliphatic carbocycles. The number of halogens is 1. The van der Waals surface area contributed by atoms with E-state index in [1.165, 1.54) is 5.56 Å². The largest absolute Gasteiger partial charge is 0.363 e. The van der Waals surface area contributed by atoms with Crippen molar-refractivity contribution in [2.24, 2.45) is 4.99 Å². The third kappa shape index (κ3) is 7.81. The SMILES string of the molecule is CCN(CC)C(CNC(=NC)NCc1cccc(N(C)C)n1)c1ccccc1.I. The lowest BCUT2D eigenvalue weighted by atomic mass is 10.1. The van der Waals surface area contributed by atoms with E-state index in [2.05, 4.69) is 69.7 Å². The number of nitrogens with zero attached hydrogens (tertiary/aromatic N) is 4. The standard InChI is InChI=1S/C22H34N6.HI/c1-6-28(7-2)20(18-12-9-8-10-13-18)17-25-22(23-3)24-16-19-14-11-15-21(26-19)27(4)5;/h8-15,20H,6-7,16-17H2,1-5H3,(H2,23,24,25);1H. The quantitative estimate of drug-likeness (QED) is 0.307. The predicted molar refractivity (Wildman–Crippen MR) is 134 cm³/mol. The van der Waals surface area contributed by atoms with E-state index in [0.29, 0.717) is 12.6 Å². The van der Waals surface area contributed by atoms with Gasteiger partial charge in [-0.25, -0.2) is 4.98 Å². The molecule has 160 valence electrons. The number of likely N-dealkylation sites (N-methyl/N-ethyl adjacent to an activating group) is 1. The summed E-state index contributed by atoms with van der Waals surface area (Å²) < 4.78 is 0. The zero-order valence-corrected chi connectivity index (χ0v) is 20.6. The first-order valence-electron chi connectivity index (χ1n) is 9.95. The van der Waals surface area contributed by atoms with Gasteiger partial charge in [-0.15, -0.1) is 24.0 Å². The van der Waals surface area contributed by atoms with Crippen LogP contribution in [0.25, 0.3) is 0 Å². The summed E-state index contributed by atoms with van der Waals surface area (Å²) in [7, 11) is 5.79. The summed E-state index contributed by atoms with van der Waals surface area (Å²) in [5.41, 5.74) is 2.30. The third-order valence-electron chi connectivity index (χ3n) is 4.81. The van der Waals surface area contributed by atoms with Crippen molar-refractivity contribution in [3.8, 4) is 0 Å². The molecule has 1 heterocycles. The molecular weight excluding hydrogens is 475 g/mol. The van der Waals surface area contributed by atoms with Crippen molar-refractivity contribution >= 4 is 35.8 Å². The second kappa shape index (κ2) is 13.4. The van der Waals surface area contributed by atoms with Crippen LogP contribution < -0.4 is 15.5 Å². The van der Waals surface area contributed by atoms with Gasteiger partial charge >= 0.3 is 0 Å². The van der Waals surface area contributed by atoms with Gasteiger partial charge in [-0.3, -0.25) is 9.89 Å². The molecule has 0 aliphatic rings. The molecule has 0 fully saturated rings. The van der Waals surface area contributed by atoms with E-state index in [1.807, 2.05) is 37.2 Å². The predicted octanol–water partition coefficient (Wildman–Crippen LogP) is 3.51. The van der Waals surface area contributed by atoms with Crippen LogP contribution in [0.4, 0.5) is 5.82 Å². The molecule has 1 aromatic carbocycles. The molecule has 1 unspecified atom stereocenters. The minimum absolute atomic E-state index is 0. The van der Waals surface area contributed by atoms with E-state index in [-0.39, 0.29) is 24.0 Å². The average Bonchev–Trinajstić information content (AvgIpc) is 2.74. The van der Waals surface area contributed by atoms with Crippen molar-refractivity contribution < 1.29 is 0 Å². The first-order chi connectivity index (χ1) is 13.6. The smallest absolute Gasteiger partial charge is 0.191 e. The molecule has 0 saturated heterocycles. The van der Waals surface area contributed by atoms with Gasteiger partial charge in [-0.05, 0) is 30.8 Å². The van der Waals surface area contributed by atoms with Crippen LogP contribution in [0.15, 0.2) is 53.5 Å². The fraction of sp³-hybridized carbons (Fsp3) is 0.455. The second-order valence-electron chi connectivity index (χ2n) is 6.84. The Kier molecular flexibility index (Phi) is 11.6. The van der Waals surface area contributed by atoms with Crippen LogP contribution in [-0.4, -0.2) is 56.6 Å². The van der Waals surface area contributed by atoms with Crippen LogP contribution in [0.3, 0.4) is 0 Å². The van der Waals surface area contributed by atoms with E-state index >= 15 is 0 Å². The number of hydrogen-bond acceptors (Lipinski definition) is 4. The Morgan fingerprint density at radius 2 is 1.69 bits per heavy atom. The van der Waals surface area contributed by atoms with Gasteiger partial charge in [-0.1, -0.05) is 50.2 Å². The van der Waals surface area contributed by atoms with Crippen LogP contribution >= 0.6 is 24.0 Å². The molecule has 29 heavy (non-hydrogen) atoms. The lowest BCUT2D eigenvalue weighted by molar-refractivity contribution is 0.219. The molecule has 0 spiro atoms. The number of rotatable bonds is 9. The summed E-state index contributed by atoms with van der Waals surface area (Å²) in [5, 5.41) is 6.86. The zero-order valence-electron chi connectivity index (χ0n) is 18.2. The van der Waals surface area contributed by atoms with Gasteiger partial charge in [0.1, 0.15) is 5.82 Å². The highest BCUT2D eigenvalue weighted by atomic mass is 127. The van der Waals surface area contributed by atoms with Gasteiger partial charge in [0.25, 0.3) is 0 Å². The van der Waals surface area contributed by atoms with Crippen molar-refractivity contribution in [1.29, 1.82) is 0 Å². The lowest BCUT2D eigenvalue weighted by Crippen LogP contribution is -2.43. The van der Waals surface area contributed by atoms with Gasteiger partial charge < -0.3 is 15.5 Å². The zero-order chi connectivity index (χ0) is 20.4. The second-order valence-corrected chi connectivity index (χ2v) is 6.84. The Balaban J connectivity index is 0.00000420. The van der Waals surface area contributed by atoms with Gasteiger partial charge in [0, 0.05) is 27.7 Å². The van der Waals surface area contributed by atoms with Crippen molar-refractivity contribution in [2.75, 3.05) is 45.7 Å². The van der Waals surface area contributed by atoms with Crippen LogP contribution in [0, 0.1) is 0 Å². The lowest BCUT2D eigenvalue weighted by Gasteiger charge is -2.30. The van der Waals surface area contributed by atoms with E-state index in [1.54, 1.807) is 7.05 Å². The molecule has 2 aromatic rings. The highest BCUT2D eigenvalue weighted by Gasteiger charge is 2.18. The van der Waals surface area contributed by atoms with Gasteiger partial charge in [0.05, 0.1) is 18.3 Å². The first-order valence-corrected chi connectivity index (χ1v) is 9.95. The fourth-order valence-electron chi connectivity index (χ4n) is 3.20. The fourth-order valence-corrected chi connectivity index (χ4v) is 3.20. The molecule has 0 saturated carbocycles. The molecule has 1 aromatic heterocycles. The minimum Gasteiger partial charge on any atom is -0.363 e. The Hall–Kier alpha value is -1.87. The molecule has 0 bridgehead atoms. The molecule has 7 heteroatoms. The number of aliphatic imine (C=N–C) groups is 1. The summed E-state index contributed by atoms with van der Waals surface area (Å²) in [5.74, 6) is 1.73. The molecule has 6 nitrogen and oxygen atoms in total. The van der Waals surface area contributed by atoms with Crippen molar-refractivity contribution in [2.45, 2.75) is 26.4 Å². The first kappa shape index (κ1) is 25.2.